The van der Waals surface area contributed by atoms with Crippen LogP contribution in [0.3, 0.4) is 0 Å². The lowest BCUT2D eigenvalue weighted by molar-refractivity contribution is -0.274. The topological polar surface area (TPSA) is 38.3 Å². The second-order valence-corrected chi connectivity index (χ2v) is 3.72. The van der Waals surface area contributed by atoms with E-state index in [1.165, 1.54) is 18.2 Å². The summed E-state index contributed by atoms with van der Waals surface area (Å²) in [5.74, 6) is -0.413. The van der Waals surface area contributed by atoms with Crippen LogP contribution in [0.2, 0.25) is 0 Å². The molecule has 100 valence electrons. The lowest BCUT2D eigenvalue weighted by Gasteiger charge is -2.10. The van der Waals surface area contributed by atoms with E-state index in [4.69, 9.17) is 0 Å². The largest absolute Gasteiger partial charge is 0.573 e. The van der Waals surface area contributed by atoms with Crippen LogP contribution < -0.4 is 10.1 Å². The maximum absolute atomic E-state index is 12.0. The van der Waals surface area contributed by atoms with Crippen molar-refractivity contribution in [3.8, 4) is 5.75 Å². The smallest absolute Gasteiger partial charge is 0.406 e. The first-order valence-corrected chi connectivity index (χ1v) is 5.52. The molecule has 0 saturated heterocycles. The Bertz CT molecular complexity index is 405. The molecule has 0 aliphatic heterocycles. The Hall–Kier alpha value is -1.72. The van der Waals surface area contributed by atoms with Crippen molar-refractivity contribution in [2.24, 2.45) is 0 Å². The normalized spacial score (nSPS) is 11.1. The van der Waals surface area contributed by atoms with Gasteiger partial charge in [0.05, 0.1) is 0 Å². The summed E-state index contributed by atoms with van der Waals surface area (Å²) in [6, 6.07) is 5.53. The summed E-state index contributed by atoms with van der Waals surface area (Å²) in [7, 11) is 0. The third-order valence-corrected chi connectivity index (χ3v) is 2.10. The summed E-state index contributed by atoms with van der Waals surface area (Å²) in [6.07, 6.45) is -3.58. The molecule has 1 aromatic rings. The molecule has 0 bridgehead atoms. The van der Waals surface area contributed by atoms with E-state index in [2.05, 4.69) is 10.1 Å². The molecule has 0 saturated carbocycles. The highest BCUT2D eigenvalue weighted by Gasteiger charge is 2.31. The van der Waals surface area contributed by atoms with E-state index in [0.717, 1.165) is 6.42 Å². The second-order valence-electron chi connectivity index (χ2n) is 3.72. The summed E-state index contributed by atoms with van der Waals surface area (Å²) in [5, 5.41) is 2.61. The SMILES string of the molecule is CCCC(=O)NCc1cccc(OC(F)(F)F)c1. The van der Waals surface area contributed by atoms with Crippen molar-refractivity contribution < 1.29 is 22.7 Å². The van der Waals surface area contributed by atoms with Gasteiger partial charge >= 0.3 is 6.36 Å². The minimum absolute atomic E-state index is 0.125. The zero-order chi connectivity index (χ0) is 13.6. The van der Waals surface area contributed by atoms with Gasteiger partial charge in [0.2, 0.25) is 5.91 Å². The molecule has 1 aromatic carbocycles. The molecule has 0 fully saturated rings. The molecular formula is C12H14F3NO2. The monoisotopic (exact) mass is 261 g/mol. The second kappa shape index (κ2) is 6.28. The van der Waals surface area contributed by atoms with Crippen molar-refractivity contribution in [3.05, 3.63) is 29.8 Å². The van der Waals surface area contributed by atoms with Crippen molar-refractivity contribution in [1.82, 2.24) is 5.32 Å². The summed E-state index contributed by atoms with van der Waals surface area (Å²) in [6.45, 7) is 2.06. The van der Waals surface area contributed by atoms with Gasteiger partial charge in [0.15, 0.2) is 0 Å². The Kier molecular flexibility index (Phi) is 5.00. The van der Waals surface area contributed by atoms with Crippen molar-refractivity contribution >= 4 is 5.91 Å². The van der Waals surface area contributed by atoms with Gasteiger partial charge in [-0.1, -0.05) is 19.1 Å². The third kappa shape index (κ3) is 5.56. The molecule has 3 nitrogen and oxygen atoms in total. The standard InChI is InChI=1S/C12H14F3NO2/c1-2-4-11(17)16-8-9-5-3-6-10(7-9)18-12(13,14)15/h3,5-7H,2,4,8H2,1H3,(H,16,17). The maximum atomic E-state index is 12.0. The van der Waals surface area contributed by atoms with Crippen molar-refractivity contribution in [3.63, 3.8) is 0 Å². The van der Waals surface area contributed by atoms with E-state index in [1.807, 2.05) is 6.92 Å². The molecule has 0 unspecified atom stereocenters. The van der Waals surface area contributed by atoms with Crippen LogP contribution in [0.5, 0.6) is 5.75 Å². The van der Waals surface area contributed by atoms with Crippen LogP contribution in [-0.2, 0) is 11.3 Å². The molecule has 0 atom stereocenters. The highest BCUT2D eigenvalue weighted by molar-refractivity contribution is 5.75. The van der Waals surface area contributed by atoms with Gasteiger partial charge in [-0.15, -0.1) is 13.2 Å². The number of hydrogen-bond donors (Lipinski definition) is 1. The minimum Gasteiger partial charge on any atom is -0.406 e. The molecule has 6 heteroatoms. The molecule has 0 spiro atoms. The Morgan fingerprint density at radius 2 is 2.11 bits per heavy atom. The molecule has 1 rings (SSSR count). The predicted octanol–water partition coefficient (Wildman–Crippen LogP) is 3.00. The molecule has 1 N–H and O–H groups in total. The first-order valence-electron chi connectivity index (χ1n) is 5.52. The molecule has 18 heavy (non-hydrogen) atoms. The number of alkyl halides is 3. The average molecular weight is 261 g/mol. The highest BCUT2D eigenvalue weighted by atomic mass is 19.4. The number of nitrogens with one attached hydrogen (secondary N) is 1. The molecular weight excluding hydrogens is 247 g/mol. The predicted molar refractivity (Wildman–Crippen MR) is 59.9 cm³/mol. The van der Waals surface area contributed by atoms with E-state index >= 15 is 0 Å². The van der Waals surface area contributed by atoms with Gasteiger partial charge in [-0.3, -0.25) is 4.79 Å². The summed E-state index contributed by atoms with van der Waals surface area (Å²) in [5.41, 5.74) is 0.557. The summed E-state index contributed by atoms with van der Waals surface area (Å²) >= 11 is 0. The molecule has 0 heterocycles. The molecule has 0 radical (unpaired) electrons. The van der Waals surface area contributed by atoms with E-state index in [0.29, 0.717) is 12.0 Å². The Morgan fingerprint density at radius 1 is 1.39 bits per heavy atom. The fourth-order valence-corrected chi connectivity index (χ4v) is 1.37. The minimum atomic E-state index is -4.70. The van der Waals surface area contributed by atoms with Gasteiger partial charge in [0.1, 0.15) is 5.75 Å². The Morgan fingerprint density at radius 3 is 2.72 bits per heavy atom. The van der Waals surface area contributed by atoms with E-state index in [-0.39, 0.29) is 18.2 Å². The lowest BCUT2D eigenvalue weighted by atomic mass is 10.2. The van der Waals surface area contributed by atoms with Crippen LogP contribution in [0.25, 0.3) is 0 Å². The number of ether oxygens (including phenoxy) is 1. The van der Waals surface area contributed by atoms with Crippen molar-refractivity contribution in [2.75, 3.05) is 0 Å². The molecule has 1 amide bonds. The maximum Gasteiger partial charge on any atom is 0.573 e. The number of halogens is 3. The highest BCUT2D eigenvalue weighted by Crippen LogP contribution is 2.23. The first kappa shape index (κ1) is 14.3. The number of benzene rings is 1. The van der Waals surface area contributed by atoms with Crippen LogP contribution in [0.1, 0.15) is 25.3 Å². The lowest BCUT2D eigenvalue weighted by Crippen LogP contribution is -2.22. The fourth-order valence-electron chi connectivity index (χ4n) is 1.37. The van der Waals surface area contributed by atoms with Gasteiger partial charge < -0.3 is 10.1 Å². The third-order valence-electron chi connectivity index (χ3n) is 2.10. The molecule has 0 aromatic heterocycles. The van der Waals surface area contributed by atoms with Crippen LogP contribution in [0, 0.1) is 0 Å². The number of hydrogen-bond acceptors (Lipinski definition) is 2. The van der Waals surface area contributed by atoms with Gasteiger partial charge in [-0.25, -0.2) is 0 Å². The van der Waals surface area contributed by atoms with E-state index in [9.17, 15) is 18.0 Å². The average Bonchev–Trinajstić information content (AvgIpc) is 2.25. The van der Waals surface area contributed by atoms with Crippen LogP contribution in [0.4, 0.5) is 13.2 Å². The summed E-state index contributed by atoms with van der Waals surface area (Å²) in [4.78, 5) is 11.2. The Balaban J connectivity index is 2.57. The van der Waals surface area contributed by atoms with Crippen molar-refractivity contribution in [1.29, 1.82) is 0 Å². The number of amides is 1. The van der Waals surface area contributed by atoms with Gasteiger partial charge in [0.25, 0.3) is 0 Å². The van der Waals surface area contributed by atoms with Gasteiger partial charge in [0, 0.05) is 13.0 Å². The number of rotatable bonds is 5. The van der Waals surface area contributed by atoms with E-state index < -0.39 is 6.36 Å². The quantitative estimate of drug-likeness (QED) is 0.884. The zero-order valence-electron chi connectivity index (χ0n) is 9.88. The van der Waals surface area contributed by atoms with Gasteiger partial charge in [-0.2, -0.15) is 0 Å². The number of carbonyl (C=O) groups is 1. The first-order chi connectivity index (χ1) is 8.40. The molecule has 0 aliphatic carbocycles. The van der Waals surface area contributed by atoms with Crippen LogP contribution in [0.15, 0.2) is 24.3 Å². The zero-order valence-corrected chi connectivity index (χ0v) is 9.88. The number of carbonyl (C=O) groups excluding carboxylic acids is 1. The molecule has 0 aliphatic rings. The van der Waals surface area contributed by atoms with Gasteiger partial charge in [-0.05, 0) is 24.1 Å². The Labute approximate surface area is 103 Å². The van der Waals surface area contributed by atoms with Crippen LogP contribution >= 0.6 is 0 Å². The van der Waals surface area contributed by atoms with Crippen LogP contribution in [-0.4, -0.2) is 12.3 Å². The fraction of sp³-hybridized carbons (Fsp3) is 0.417. The summed E-state index contributed by atoms with van der Waals surface area (Å²) < 4.78 is 39.8. The van der Waals surface area contributed by atoms with Crippen molar-refractivity contribution in [2.45, 2.75) is 32.7 Å². The van der Waals surface area contributed by atoms with E-state index in [1.54, 1.807) is 6.07 Å².